The predicted octanol–water partition coefficient (Wildman–Crippen LogP) is 2.17. The molecule has 0 saturated carbocycles. The number of amides is 1. The van der Waals surface area contributed by atoms with Gasteiger partial charge in [0, 0.05) is 6.54 Å². The third-order valence-electron chi connectivity index (χ3n) is 3.18. The Bertz CT molecular complexity index is 609. The van der Waals surface area contributed by atoms with E-state index in [-0.39, 0.29) is 5.91 Å². The lowest BCUT2D eigenvalue weighted by atomic mass is 10.1. The Hall–Kier alpha value is -2.23. The molecular formula is C16H18N3O. The number of hydrogen-bond donors (Lipinski definition) is 1. The highest BCUT2D eigenvalue weighted by molar-refractivity contribution is 5.93. The van der Waals surface area contributed by atoms with Gasteiger partial charge in [-0.1, -0.05) is 24.3 Å². The Kier molecular flexibility index (Phi) is 4.45. The number of benzene rings is 1. The fourth-order valence-electron chi connectivity index (χ4n) is 1.92. The van der Waals surface area contributed by atoms with Crippen LogP contribution in [0.1, 0.15) is 33.1 Å². The summed E-state index contributed by atoms with van der Waals surface area (Å²) in [5, 5.41) is 2.88. The van der Waals surface area contributed by atoms with Gasteiger partial charge in [-0.25, -0.2) is 4.98 Å². The molecule has 0 aliphatic carbocycles. The molecule has 20 heavy (non-hydrogen) atoms. The molecule has 0 fully saturated rings. The average Bonchev–Trinajstić information content (AvgIpc) is 2.44. The molecule has 1 aromatic carbocycles. The van der Waals surface area contributed by atoms with Crippen molar-refractivity contribution in [1.29, 1.82) is 0 Å². The fourth-order valence-corrected chi connectivity index (χ4v) is 1.92. The monoisotopic (exact) mass is 268 g/mol. The summed E-state index contributed by atoms with van der Waals surface area (Å²) in [7, 11) is 0. The molecule has 2 aromatic rings. The van der Waals surface area contributed by atoms with E-state index in [0.29, 0.717) is 17.9 Å². The van der Waals surface area contributed by atoms with E-state index in [4.69, 9.17) is 0 Å². The minimum atomic E-state index is -0.166. The van der Waals surface area contributed by atoms with Gasteiger partial charge >= 0.3 is 0 Å². The number of carbonyl (C=O) groups excluding carboxylic acids is 1. The van der Waals surface area contributed by atoms with Crippen LogP contribution in [0.2, 0.25) is 0 Å². The lowest BCUT2D eigenvalue weighted by molar-refractivity contribution is 0.0947. The molecular weight excluding hydrogens is 250 g/mol. The van der Waals surface area contributed by atoms with Crippen LogP contribution in [0.15, 0.2) is 24.3 Å². The molecule has 1 amide bonds. The van der Waals surface area contributed by atoms with E-state index < -0.39 is 0 Å². The maximum Gasteiger partial charge on any atom is 0.271 e. The SMILES string of the molecule is Cc1nc(C)c(C(=O)NCCc2cc[c]cc2)nc1C. The summed E-state index contributed by atoms with van der Waals surface area (Å²) >= 11 is 0. The van der Waals surface area contributed by atoms with Gasteiger partial charge in [-0.3, -0.25) is 9.78 Å². The maximum atomic E-state index is 12.1. The van der Waals surface area contributed by atoms with E-state index in [9.17, 15) is 4.79 Å². The second-order valence-electron chi connectivity index (χ2n) is 4.74. The van der Waals surface area contributed by atoms with E-state index in [0.717, 1.165) is 17.8 Å². The van der Waals surface area contributed by atoms with Gasteiger partial charge in [0.2, 0.25) is 0 Å². The van der Waals surface area contributed by atoms with Gasteiger partial charge in [0.05, 0.1) is 17.1 Å². The van der Waals surface area contributed by atoms with Crippen LogP contribution >= 0.6 is 0 Å². The van der Waals surface area contributed by atoms with Crippen molar-refractivity contribution in [2.45, 2.75) is 27.2 Å². The minimum absolute atomic E-state index is 0.166. The molecule has 0 bridgehead atoms. The number of nitrogens with zero attached hydrogens (tertiary/aromatic N) is 2. The van der Waals surface area contributed by atoms with Crippen LogP contribution in [0.5, 0.6) is 0 Å². The third-order valence-corrected chi connectivity index (χ3v) is 3.18. The number of hydrogen-bond acceptors (Lipinski definition) is 3. The highest BCUT2D eigenvalue weighted by atomic mass is 16.1. The largest absolute Gasteiger partial charge is 0.350 e. The second-order valence-corrected chi connectivity index (χ2v) is 4.74. The summed E-state index contributed by atoms with van der Waals surface area (Å²) in [5.41, 5.74) is 3.90. The first-order valence-corrected chi connectivity index (χ1v) is 6.63. The van der Waals surface area contributed by atoms with Crippen LogP contribution in [-0.2, 0) is 6.42 Å². The van der Waals surface area contributed by atoms with Gasteiger partial charge in [0.15, 0.2) is 0 Å². The van der Waals surface area contributed by atoms with Gasteiger partial charge in [-0.2, -0.15) is 0 Å². The average molecular weight is 268 g/mol. The van der Waals surface area contributed by atoms with Gasteiger partial charge in [0.25, 0.3) is 5.91 Å². The zero-order valence-electron chi connectivity index (χ0n) is 12.0. The Labute approximate surface area is 119 Å². The number of carbonyl (C=O) groups is 1. The van der Waals surface area contributed by atoms with Crippen molar-refractivity contribution in [3.8, 4) is 0 Å². The summed E-state index contributed by atoms with van der Waals surface area (Å²) in [6.07, 6.45) is 0.789. The van der Waals surface area contributed by atoms with E-state index in [1.54, 1.807) is 6.92 Å². The summed E-state index contributed by atoms with van der Waals surface area (Å²) in [5.74, 6) is -0.166. The second kappa shape index (κ2) is 6.28. The molecule has 0 atom stereocenters. The van der Waals surface area contributed by atoms with Crippen LogP contribution in [0.4, 0.5) is 0 Å². The zero-order valence-corrected chi connectivity index (χ0v) is 12.0. The summed E-state index contributed by atoms with van der Waals surface area (Å²) in [6, 6.07) is 10.7. The van der Waals surface area contributed by atoms with Crippen LogP contribution in [0, 0.1) is 26.8 Å². The Balaban J connectivity index is 1.97. The first-order chi connectivity index (χ1) is 9.58. The Morgan fingerprint density at radius 1 is 1.10 bits per heavy atom. The van der Waals surface area contributed by atoms with E-state index in [1.165, 1.54) is 5.56 Å². The van der Waals surface area contributed by atoms with Crippen LogP contribution < -0.4 is 5.32 Å². The summed E-state index contributed by atoms with van der Waals surface area (Å²) < 4.78 is 0. The molecule has 0 aliphatic heterocycles. The third kappa shape index (κ3) is 3.41. The van der Waals surface area contributed by atoms with Crippen molar-refractivity contribution in [1.82, 2.24) is 15.3 Å². The molecule has 0 unspecified atom stereocenters. The molecule has 103 valence electrons. The van der Waals surface area contributed by atoms with Gasteiger partial charge in [-0.05, 0) is 38.8 Å². The molecule has 1 heterocycles. The fraction of sp³-hybridized carbons (Fsp3) is 0.312. The van der Waals surface area contributed by atoms with Gasteiger partial charge < -0.3 is 5.32 Å². The molecule has 4 heteroatoms. The van der Waals surface area contributed by atoms with E-state index in [2.05, 4.69) is 21.4 Å². The summed E-state index contributed by atoms with van der Waals surface area (Å²) in [4.78, 5) is 20.8. The molecule has 0 aliphatic rings. The van der Waals surface area contributed by atoms with E-state index >= 15 is 0 Å². The molecule has 0 saturated heterocycles. The zero-order chi connectivity index (χ0) is 14.5. The molecule has 0 spiro atoms. The first kappa shape index (κ1) is 14.2. The lowest BCUT2D eigenvalue weighted by Crippen LogP contribution is -2.28. The van der Waals surface area contributed by atoms with Crippen molar-refractivity contribution in [2.75, 3.05) is 6.54 Å². The van der Waals surface area contributed by atoms with E-state index in [1.807, 2.05) is 38.1 Å². The predicted molar refractivity (Wildman–Crippen MR) is 77.6 cm³/mol. The minimum Gasteiger partial charge on any atom is -0.350 e. The standard InChI is InChI=1S/C16H18N3O/c1-11-12(2)19-15(13(3)18-11)16(20)17-10-9-14-7-5-4-6-8-14/h5-8H,9-10H2,1-3H3,(H,17,20). The van der Waals surface area contributed by atoms with Crippen molar-refractivity contribution >= 4 is 5.91 Å². The smallest absolute Gasteiger partial charge is 0.271 e. The normalized spacial score (nSPS) is 10.3. The van der Waals surface area contributed by atoms with Crippen molar-refractivity contribution < 1.29 is 4.79 Å². The highest BCUT2D eigenvalue weighted by Gasteiger charge is 2.13. The topological polar surface area (TPSA) is 54.9 Å². The van der Waals surface area contributed by atoms with Crippen LogP contribution in [0.25, 0.3) is 0 Å². The molecule has 1 N–H and O–H groups in total. The molecule has 1 aromatic heterocycles. The quantitative estimate of drug-likeness (QED) is 0.924. The summed E-state index contributed by atoms with van der Waals surface area (Å²) in [6.45, 7) is 6.14. The number of rotatable bonds is 4. The highest BCUT2D eigenvalue weighted by Crippen LogP contribution is 2.07. The van der Waals surface area contributed by atoms with Crippen LogP contribution in [-0.4, -0.2) is 22.4 Å². The number of nitrogens with one attached hydrogen (secondary N) is 1. The Morgan fingerprint density at radius 3 is 2.45 bits per heavy atom. The maximum absolute atomic E-state index is 12.1. The van der Waals surface area contributed by atoms with Gasteiger partial charge in [-0.15, -0.1) is 0 Å². The number of aryl methyl sites for hydroxylation is 3. The van der Waals surface area contributed by atoms with Crippen molar-refractivity contribution in [3.63, 3.8) is 0 Å². The number of aromatic nitrogens is 2. The first-order valence-electron chi connectivity index (χ1n) is 6.63. The van der Waals surface area contributed by atoms with Crippen molar-refractivity contribution in [3.05, 3.63) is 58.7 Å². The Morgan fingerprint density at radius 2 is 1.75 bits per heavy atom. The lowest BCUT2D eigenvalue weighted by Gasteiger charge is -2.08. The van der Waals surface area contributed by atoms with Gasteiger partial charge in [0.1, 0.15) is 5.69 Å². The van der Waals surface area contributed by atoms with Crippen molar-refractivity contribution in [2.24, 2.45) is 0 Å². The van der Waals surface area contributed by atoms with Crippen LogP contribution in [0.3, 0.4) is 0 Å². The molecule has 2 rings (SSSR count). The molecule has 1 radical (unpaired) electrons. The molecule has 4 nitrogen and oxygen atoms in total.